The lowest BCUT2D eigenvalue weighted by molar-refractivity contribution is -0.125. The Hall–Kier alpha value is -2.86. The average molecular weight is 407 g/mol. The summed E-state index contributed by atoms with van der Waals surface area (Å²) in [4.78, 5) is 17.9. The number of benzene rings is 2. The number of allylic oxidation sites excluding steroid dienone is 2. The number of carbonyl (C=O) groups is 1. The van der Waals surface area contributed by atoms with Gasteiger partial charge in [-0.25, -0.2) is 4.98 Å². The Morgan fingerprint density at radius 2 is 1.93 bits per heavy atom. The van der Waals surface area contributed by atoms with Crippen LogP contribution in [0.3, 0.4) is 0 Å². The zero-order valence-electron chi connectivity index (χ0n) is 16.0. The van der Waals surface area contributed by atoms with Gasteiger partial charge in [-0.3, -0.25) is 4.79 Å². The summed E-state index contributed by atoms with van der Waals surface area (Å²) in [7, 11) is 0. The molecule has 0 saturated heterocycles. The minimum absolute atomic E-state index is 0.0629. The third-order valence-electron chi connectivity index (χ3n) is 5.50. The number of thiazole rings is 1. The summed E-state index contributed by atoms with van der Waals surface area (Å²) in [5.41, 5.74) is 1.95. The van der Waals surface area contributed by atoms with E-state index in [1.807, 2.05) is 36.4 Å². The van der Waals surface area contributed by atoms with Crippen molar-refractivity contribution in [2.24, 2.45) is 5.92 Å². The highest BCUT2D eigenvalue weighted by molar-refractivity contribution is 7.18. The summed E-state index contributed by atoms with van der Waals surface area (Å²) >= 11 is 1.70. The lowest BCUT2D eigenvalue weighted by Crippen LogP contribution is -2.34. The Balaban J connectivity index is 1.33. The Morgan fingerprint density at radius 3 is 2.86 bits per heavy atom. The molecule has 3 aromatic rings. The first kappa shape index (κ1) is 18.2. The lowest BCUT2D eigenvalue weighted by atomic mass is 9.82. The number of hydrogen-bond acceptors (Lipinski definition) is 5. The number of carbonyl (C=O) groups excluding carboxylic acids is 1. The highest BCUT2D eigenvalue weighted by Crippen LogP contribution is 2.39. The van der Waals surface area contributed by atoms with E-state index < -0.39 is 0 Å². The van der Waals surface area contributed by atoms with Gasteiger partial charge in [-0.2, -0.15) is 0 Å². The van der Waals surface area contributed by atoms with Crippen LogP contribution in [0.5, 0.6) is 11.5 Å². The number of fused-ring (bicyclic) bond motifs is 2. The highest BCUT2D eigenvalue weighted by Gasteiger charge is 2.32. The molecule has 6 heteroatoms. The van der Waals surface area contributed by atoms with Gasteiger partial charge in [0.1, 0.15) is 13.2 Å². The molecule has 0 fully saturated rings. The van der Waals surface area contributed by atoms with E-state index in [1.165, 1.54) is 4.70 Å². The van der Waals surface area contributed by atoms with Gasteiger partial charge in [0.25, 0.3) is 0 Å². The smallest absolute Gasteiger partial charge is 0.224 e. The van der Waals surface area contributed by atoms with E-state index in [2.05, 4.69) is 23.5 Å². The van der Waals surface area contributed by atoms with Crippen LogP contribution >= 0.6 is 11.3 Å². The van der Waals surface area contributed by atoms with Crippen molar-refractivity contribution in [3.05, 3.63) is 65.2 Å². The fourth-order valence-electron chi connectivity index (χ4n) is 4.01. The number of hydrogen-bond donors (Lipinski definition) is 1. The molecule has 2 unspecified atom stereocenters. The molecule has 0 saturated carbocycles. The molecule has 1 N–H and O–H groups in total. The van der Waals surface area contributed by atoms with Crippen molar-refractivity contribution in [3.63, 3.8) is 0 Å². The van der Waals surface area contributed by atoms with Gasteiger partial charge in [0.05, 0.1) is 21.1 Å². The second-order valence-corrected chi connectivity index (χ2v) is 8.40. The largest absolute Gasteiger partial charge is 0.486 e. The monoisotopic (exact) mass is 406 g/mol. The maximum atomic E-state index is 13.1. The third kappa shape index (κ3) is 3.60. The minimum atomic E-state index is -0.114. The number of amides is 1. The molecule has 1 aromatic heterocycles. The van der Waals surface area contributed by atoms with E-state index in [0.29, 0.717) is 19.8 Å². The number of rotatable bonds is 4. The lowest BCUT2D eigenvalue weighted by Gasteiger charge is -2.26. The van der Waals surface area contributed by atoms with Gasteiger partial charge >= 0.3 is 0 Å². The van der Waals surface area contributed by atoms with Crippen LogP contribution in [-0.2, 0) is 11.3 Å². The van der Waals surface area contributed by atoms with Crippen LogP contribution in [0.15, 0.2) is 54.6 Å². The normalized spacial score (nSPS) is 20.6. The van der Waals surface area contributed by atoms with Crippen LogP contribution in [0, 0.1) is 5.92 Å². The first-order chi connectivity index (χ1) is 14.3. The molecule has 148 valence electrons. The first-order valence-electron chi connectivity index (χ1n) is 9.95. The van der Waals surface area contributed by atoms with Crippen LogP contribution in [-0.4, -0.2) is 24.1 Å². The highest BCUT2D eigenvalue weighted by atomic mass is 32.1. The van der Waals surface area contributed by atoms with Gasteiger partial charge in [0.15, 0.2) is 11.5 Å². The van der Waals surface area contributed by atoms with Crippen molar-refractivity contribution >= 4 is 27.5 Å². The van der Waals surface area contributed by atoms with Crippen LogP contribution in [0.4, 0.5) is 0 Å². The Bertz CT molecular complexity index is 1040. The van der Waals surface area contributed by atoms with Gasteiger partial charge in [-0.05, 0) is 31.0 Å². The third-order valence-corrected chi connectivity index (χ3v) is 6.67. The Labute approximate surface area is 173 Å². The van der Waals surface area contributed by atoms with Gasteiger partial charge in [-0.1, -0.05) is 36.4 Å². The molecular weight excluding hydrogens is 384 g/mol. The zero-order valence-corrected chi connectivity index (χ0v) is 16.8. The number of ether oxygens (including phenoxy) is 2. The number of nitrogens with zero attached hydrogens (tertiary/aromatic N) is 1. The molecule has 5 rings (SSSR count). The summed E-state index contributed by atoms with van der Waals surface area (Å²) < 4.78 is 12.6. The van der Waals surface area contributed by atoms with Crippen LogP contribution < -0.4 is 14.8 Å². The molecule has 29 heavy (non-hydrogen) atoms. The van der Waals surface area contributed by atoms with Gasteiger partial charge in [0.2, 0.25) is 5.91 Å². The standard InChI is InChI=1S/C23H22N2O3S/c26-22(24-14-15-6-5-10-19-21(15)28-13-12-27-19)16-7-1-2-8-17(16)23-25-18-9-3-4-11-20(18)29-23/h1-6,9-11,16-17H,7-8,12-14H2,(H,24,26). The number of para-hydroxylation sites is 2. The van der Waals surface area contributed by atoms with E-state index in [9.17, 15) is 4.79 Å². The first-order valence-corrected chi connectivity index (χ1v) is 10.8. The van der Waals surface area contributed by atoms with Gasteiger partial charge in [0, 0.05) is 18.0 Å². The van der Waals surface area contributed by atoms with E-state index in [-0.39, 0.29) is 17.7 Å². The van der Waals surface area contributed by atoms with Crippen molar-refractivity contribution in [3.8, 4) is 11.5 Å². The maximum Gasteiger partial charge on any atom is 0.224 e. The van der Waals surface area contributed by atoms with Crippen LogP contribution in [0.25, 0.3) is 10.2 Å². The summed E-state index contributed by atoms with van der Waals surface area (Å²) in [5.74, 6) is 1.55. The molecule has 1 aliphatic heterocycles. The molecule has 2 aromatic carbocycles. The SMILES string of the molecule is O=C(NCc1cccc2c1OCCO2)C1CC=CCC1c1nc2ccccc2s1. The molecule has 0 radical (unpaired) electrons. The summed E-state index contributed by atoms with van der Waals surface area (Å²) in [6.07, 6.45) is 5.85. The molecule has 1 aliphatic carbocycles. The van der Waals surface area contributed by atoms with E-state index in [1.54, 1.807) is 11.3 Å². The molecule has 0 spiro atoms. The fourth-order valence-corrected chi connectivity index (χ4v) is 5.16. The quantitative estimate of drug-likeness (QED) is 0.651. The van der Waals surface area contributed by atoms with Crippen molar-refractivity contribution in [2.75, 3.05) is 13.2 Å². The Kier molecular flexibility index (Phi) is 4.94. The summed E-state index contributed by atoms with van der Waals surface area (Å²) in [6.45, 7) is 1.52. The molecule has 2 aliphatic rings. The van der Waals surface area contributed by atoms with Crippen molar-refractivity contribution in [1.29, 1.82) is 0 Å². The maximum absolute atomic E-state index is 13.1. The number of aromatic nitrogens is 1. The predicted octanol–water partition coefficient (Wildman–Crippen LogP) is 4.43. The molecule has 2 heterocycles. The van der Waals surface area contributed by atoms with E-state index >= 15 is 0 Å². The van der Waals surface area contributed by atoms with Crippen LogP contribution in [0.2, 0.25) is 0 Å². The fraction of sp³-hybridized carbons (Fsp3) is 0.304. The van der Waals surface area contributed by atoms with Gasteiger partial charge < -0.3 is 14.8 Å². The van der Waals surface area contributed by atoms with Crippen molar-refractivity contribution in [1.82, 2.24) is 10.3 Å². The molecule has 0 bridgehead atoms. The molecular formula is C23H22N2O3S. The number of nitrogens with one attached hydrogen (secondary N) is 1. The topological polar surface area (TPSA) is 60.5 Å². The second-order valence-electron chi connectivity index (χ2n) is 7.33. The van der Waals surface area contributed by atoms with Crippen LogP contribution in [0.1, 0.15) is 29.3 Å². The van der Waals surface area contributed by atoms with E-state index in [4.69, 9.17) is 14.5 Å². The second kappa shape index (κ2) is 7.87. The van der Waals surface area contributed by atoms with Gasteiger partial charge in [-0.15, -0.1) is 11.3 Å². The molecule has 2 atom stereocenters. The summed E-state index contributed by atoms with van der Waals surface area (Å²) in [5, 5.41) is 4.17. The van der Waals surface area contributed by atoms with E-state index in [0.717, 1.165) is 40.4 Å². The zero-order chi connectivity index (χ0) is 19.6. The summed E-state index contributed by atoms with van der Waals surface area (Å²) in [6, 6.07) is 14.0. The Morgan fingerprint density at radius 1 is 1.07 bits per heavy atom. The predicted molar refractivity (Wildman–Crippen MR) is 114 cm³/mol. The van der Waals surface area contributed by atoms with Crippen molar-refractivity contribution in [2.45, 2.75) is 25.3 Å². The molecule has 1 amide bonds. The minimum Gasteiger partial charge on any atom is -0.486 e. The van der Waals surface area contributed by atoms with Crippen molar-refractivity contribution < 1.29 is 14.3 Å². The average Bonchev–Trinajstić information content (AvgIpc) is 3.21. The molecule has 5 nitrogen and oxygen atoms in total.